The van der Waals surface area contributed by atoms with Crippen molar-refractivity contribution in [3.63, 3.8) is 0 Å². The van der Waals surface area contributed by atoms with Gasteiger partial charge in [-0.1, -0.05) is 0 Å². The molecule has 1 spiro atoms. The van der Waals surface area contributed by atoms with E-state index in [0.29, 0.717) is 60.2 Å². The summed E-state index contributed by atoms with van der Waals surface area (Å²) in [5.41, 5.74) is 4.83. The van der Waals surface area contributed by atoms with E-state index in [1.54, 1.807) is 32.2 Å². The van der Waals surface area contributed by atoms with Crippen molar-refractivity contribution in [2.75, 3.05) is 37.3 Å². The van der Waals surface area contributed by atoms with E-state index in [2.05, 4.69) is 9.88 Å². The van der Waals surface area contributed by atoms with E-state index in [1.807, 2.05) is 12.1 Å². The highest BCUT2D eigenvalue weighted by Gasteiger charge is 2.58. The fraction of sp³-hybridized carbons (Fsp3) is 0.419. The van der Waals surface area contributed by atoms with Gasteiger partial charge in [-0.15, -0.1) is 0 Å². The fourth-order valence-corrected chi connectivity index (χ4v) is 8.19. The van der Waals surface area contributed by atoms with Crippen molar-refractivity contribution in [3.05, 3.63) is 76.5 Å². The van der Waals surface area contributed by atoms with E-state index < -0.39 is 21.7 Å². The van der Waals surface area contributed by atoms with Gasteiger partial charge in [0.05, 0.1) is 6.26 Å². The van der Waals surface area contributed by atoms with Crippen molar-refractivity contribution in [1.29, 1.82) is 0 Å². The molecule has 1 saturated carbocycles. The monoisotopic (exact) mass is 579 g/mol. The standard InChI is InChI=1S/C31H31F2N3O4S/c1-17-6-26(32)20(12-40-28-9-19-7-24-29(18(2)37)30(24)25(19)11-34-28)8-23(17)22-5-4-21(10-27(22)33)35-13-31(14-35)15-36(16-31)41(3,38)39/h4-6,8-11,24,29-30H,7,12-16H2,1-3H3/t24-,29-,30+/m0/s1. The van der Waals surface area contributed by atoms with Crippen molar-refractivity contribution in [2.45, 2.75) is 32.8 Å². The van der Waals surface area contributed by atoms with Crippen LogP contribution in [0.2, 0.25) is 0 Å². The summed E-state index contributed by atoms with van der Waals surface area (Å²) < 4.78 is 61.0. The number of rotatable bonds is 7. The van der Waals surface area contributed by atoms with Gasteiger partial charge in [-0.3, -0.25) is 4.79 Å². The number of nitrogens with zero attached hydrogens (tertiary/aromatic N) is 3. The second kappa shape index (κ2) is 9.06. The molecule has 0 bridgehead atoms. The molecule has 0 N–H and O–H groups in total. The Hall–Kier alpha value is -3.37. The molecule has 2 aliphatic heterocycles. The van der Waals surface area contributed by atoms with Gasteiger partial charge in [0, 0.05) is 66.6 Å². The molecular weight excluding hydrogens is 548 g/mol. The van der Waals surface area contributed by atoms with Crippen LogP contribution in [0.15, 0.2) is 42.6 Å². The van der Waals surface area contributed by atoms with E-state index in [4.69, 9.17) is 4.74 Å². The molecule has 2 aliphatic carbocycles. The maximum Gasteiger partial charge on any atom is 0.213 e. The summed E-state index contributed by atoms with van der Waals surface area (Å²) in [4.78, 5) is 18.2. The van der Waals surface area contributed by atoms with Gasteiger partial charge < -0.3 is 9.64 Å². The molecule has 10 heteroatoms. The van der Waals surface area contributed by atoms with Gasteiger partial charge in [0.15, 0.2) is 0 Å². The molecule has 41 heavy (non-hydrogen) atoms. The summed E-state index contributed by atoms with van der Waals surface area (Å²) in [6.07, 6.45) is 3.83. The van der Waals surface area contributed by atoms with Gasteiger partial charge in [-0.2, -0.15) is 0 Å². The van der Waals surface area contributed by atoms with E-state index >= 15 is 4.39 Å². The van der Waals surface area contributed by atoms with Crippen molar-refractivity contribution in [3.8, 4) is 17.0 Å². The number of anilines is 1. The molecular formula is C31H31F2N3O4S. The minimum Gasteiger partial charge on any atom is -0.473 e. The smallest absolute Gasteiger partial charge is 0.213 e. The van der Waals surface area contributed by atoms with Crippen LogP contribution in [0.4, 0.5) is 14.5 Å². The number of aromatic nitrogens is 1. The highest BCUT2D eigenvalue weighted by molar-refractivity contribution is 7.88. The minimum absolute atomic E-state index is 0.0477. The van der Waals surface area contributed by atoms with Crippen molar-refractivity contribution < 1.29 is 26.7 Å². The maximum absolute atomic E-state index is 15.4. The molecule has 3 atom stereocenters. The van der Waals surface area contributed by atoms with Gasteiger partial charge in [0.25, 0.3) is 0 Å². The lowest BCUT2D eigenvalue weighted by Crippen LogP contribution is -2.72. The number of pyridine rings is 1. The second-order valence-electron chi connectivity index (χ2n) is 12.4. The van der Waals surface area contributed by atoms with Gasteiger partial charge in [-0.05, 0) is 84.7 Å². The van der Waals surface area contributed by atoms with Crippen LogP contribution in [-0.2, 0) is 27.8 Å². The molecule has 3 fully saturated rings. The zero-order valence-corrected chi connectivity index (χ0v) is 24.0. The first-order valence-electron chi connectivity index (χ1n) is 13.8. The number of hydrogen-bond donors (Lipinski definition) is 0. The summed E-state index contributed by atoms with van der Waals surface area (Å²) in [5, 5.41) is 0. The number of carbonyl (C=O) groups excluding carboxylic acids is 1. The van der Waals surface area contributed by atoms with Crippen molar-refractivity contribution >= 4 is 21.5 Å². The van der Waals surface area contributed by atoms with Crippen molar-refractivity contribution in [1.82, 2.24) is 9.29 Å². The third-order valence-corrected chi connectivity index (χ3v) is 10.6. The average Bonchev–Trinajstić information content (AvgIpc) is 3.44. The molecule has 2 aromatic carbocycles. The average molecular weight is 580 g/mol. The SMILES string of the molecule is CC(=O)[C@H]1[C@@H]2Cc3cc(OCc4cc(-c5ccc(N6CC7(C6)CN(S(C)(=O)=O)C7)cc5F)c(C)cc4F)ncc3[C@@H]21. The third-order valence-electron chi connectivity index (χ3n) is 9.37. The predicted octanol–water partition coefficient (Wildman–Crippen LogP) is 4.47. The number of benzene rings is 2. The number of sulfonamides is 1. The summed E-state index contributed by atoms with van der Waals surface area (Å²) in [7, 11) is -3.17. The summed E-state index contributed by atoms with van der Waals surface area (Å²) in [6.45, 7) is 5.73. The zero-order valence-electron chi connectivity index (χ0n) is 23.2. The van der Waals surface area contributed by atoms with Crippen molar-refractivity contribution in [2.24, 2.45) is 17.3 Å². The fourth-order valence-electron chi connectivity index (χ4n) is 7.17. The molecule has 3 heterocycles. The maximum atomic E-state index is 15.4. The Bertz CT molecular complexity index is 1710. The van der Waals surface area contributed by atoms with E-state index in [9.17, 15) is 17.6 Å². The summed E-state index contributed by atoms with van der Waals surface area (Å²) in [6, 6.07) is 9.97. The molecule has 4 aliphatic rings. The lowest BCUT2D eigenvalue weighted by atomic mass is 9.74. The number of ketones is 1. The van der Waals surface area contributed by atoms with Crippen LogP contribution in [0.5, 0.6) is 5.88 Å². The zero-order chi connectivity index (χ0) is 28.8. The number of fused-ring (bicyclic) bond motifs is 3. The number of hydrogen-bond acceptors (Lipinski definition) is 6. The first-order chi connectivity index (χ1) is 19.4. The molecule has 1 aromatic heterocycles. The molecule has 0 radical (unpaired) electrons. The number of Topliss-reactive ketones (excluding diaryl/α,β-unsaturated/α-hetero) is 1. The number of carbonyl (C=O) groups is 1. The van der Waals surface area contributed by atoms with Crippen LogP contribution in [0, 0.1) is 35.8 Å². The lowest BCUT2D eigenvalue weighted by molar-refractivity contribution is -0.118. The van der Waals surface area contributed by atoms with Crippen LogP contribution in [0.1, 0.15) is 35.1 Å². The Labute approximate surface area is 238 Å². The van der Waals surface area contributed by atoms with Gasteiger partial charge in [-0.25, -0.2) is 26.5 Å². The normalized spacial score (nSPS) is 23.9. The lowest BCUT2D eigenvalue weighted by Gasteiger charge is -2.60. The summed E-state index contributed by atoms with van der Waals surface area (Å²) >= 11 is 0. The molecule has 0 amide bonds. The van der Waals surface area contributed by atoms with Crippen LogP contribution in [0.3, 0.4) is 0 Å². The number of halogens is 2. The van der Waals surface area contributed by atoms with E-state index in [0.717, 1.165) is 23.2 Å². The van der Waals surface area contributed by atoms with Gasteiger partial charge in [0.1, 0.15) is 24.0 Å². The second-order valence-corrected chi connectivity index (χ2v) is 14.3. The highest BCUT2D eigenvalue weighted by atomic mass is 32.2. The van der Waals surface area contributed by atoms with E-state index in [1.165, 1.54) is 22.7 Å². The van der Waals surface area contributed by atoms with Gasteiger partial charge >= 0.3 is 0 Å². The predicted molar refractivity (Wildman–Crippen MR) is 150 cm³/mol. The summed E-state index contributed by atoms with van der Waals surface area (Å²) in [5.74, 6) is 0.553. The molecule has 3 aromatic rings. The topological polar surface area (TPSA) is 79.8 Å². The Kier molecular flexibility index (Phi) is 5.86. The van der Waals surface area contributed by atoms with Crippen LogP contribution in [-0.4, -0.2) is 55.9 Å². The Morgan fingerprint density at radius 2 is 1.83 bits per heavy atom. The van der Waals surface area contributed by atoms with Gasteiger partial charge in [0.2, 0.25) is 15.9 Å². The molecule has 0 unspecified atom stereocenters. The molecule has 2 saturated heterocycles. The quantitative estimate of drug-likeness (QED) is 0.411. The Morgan fingerprint density at radius 1 is 1.07 bits per heavy atom. The largest absolute Gasteiger partial charge is 0.473 e. The van der Waals surface area contributed by atoms with Crippen LogP contribution < -0.4 is 9.64 Å². The Balaban J connectivity index is 1.04. The number of ether oxygens (including phenoxy) is 1. The molecule has 7 nitrogen and oxygen atoms in total. The minimum atomic E-state index is -3.17. The third kappa shape index (κ3) is 4.43. The molecule has 214 valence electrons. The van der Waals surface area contributed by atoms with Crippen LogP contribution in [0.25, 0.3) is 11.1 Å². The van der Waals surface area contributed by atoms with E-state index in [-0.39, 0.29) is 29.6 Å². The first-order valence-corrected chi connectivity index (χ1v) is 15.7. The Morgan fingerprint density at radius 3 is 2.51 bits per heavy atom. The number of aryl methyl sites for hydroxylation is 1. The first kappa shape index (κ1) is 26.5. The highest BCUT2D eigenvalue weighted by Crippen LogP contribution is 2.61. The van der Waals surface area contributed by atoms with Crippen LogP contribution >= 0.6 is 0 Å². The molecule has 7 rings (SSSR count).